The third-order valence-electron chi connectivity index (χ3n) is 6.14. The standard InChI is InChI=1S/C22H26N6/c23-21-25-17-8-1-3-10-19(17)27(21)13-15-6-5-7-16(12-15)14-28-20-11-4-2-9-18(20)26-22(28)24/h1-4,8-11,15-16H,5-7,12-14H2,(H2,23,25)(H2,24,26)/t15-,16+. The van der Waals surface area contributed by atoms with Crippen molar-refractivity contribution in [2.45, 2.75) is 38.8 Å². The highest BCUT2D eigenvalue weighted by Crippen LogP contribution is 2.34. The van der Waals surface area contributed by atoms with Gasteiger partial charge in [0.25, 0.3) is 0 Å². The summed E-state index contributed by atoms with van der Waals surface area (Å²) in [5.74, 6) is 2.45. The Morgan fingerprint density at radius 2 is 1.21 bits per heavy atom. The second-order valence-corrected chi connectivity index (χ2v) is 8.04. The van der Waals surface area contributed by atoms with Crippen LogP contribution in [0, 0.1) is 11.8 Å². The molecule has 0 amide bonds. The highest BCUT2D eigenvalue weighted by molar-refractivity contribution is 5.78. The monoisotopic (exact) mass is 374 g/mol. The van der Waals surface area contributed by atoms with Gasteiger partial charge in [0.1, 0.15) is 0 Å². The van der Waals surface area contributed by atoms with Gasteiger partial charge in [-0.05, 0) is 55.4 Å². The van der Waals surface area contributed by atoms with Gasteiger partial charge in [-0.25, -0.2) is 9.97 Å². The highest BCUT2D eigenvalue weighted by Gasteiger charge is 2.25. The lowest BCUT2D eigenvalue weighted by molar-refractivity contribution is 0.228. The van der Waals surface area contributed by atoms with Crippen molar-refractivity contribution in [2.75, 3.05) is 11.5 Å². The molecular formula is C22H26N6. The van der Waals surface area contributed by atoms with E-state index in [1.807, 2.05) is 24.3 Å². The fourth-order valence-electron chi connectivity index (χ4n) is 4.82. The number of nitrogen functional groups attached to an aromatic ring is 2. The van der Waals surface area contributed by atoms with Crippen molar-refractivity contribution in [3.8, 4) is 0 Å². The quantitative estimate of drug-likeness (QED) is 0.564. The van der Waals surface area contributed by atoms with Crippen molar-refractivity contribution < 1.29 is 0 Å². The second-order valence-electron chi connectivity index (χ2n) is 8.04. The first kappa shape index (κ1) is 17.1. The van der Waals surface area contributed by atoms with E-state index in [1.54, 1.807) is 0 Å². The minimum atomic E-state index is 0.606. The molecule has 2 heterocycles. The van der Waals surface area contributed by atoms with Crippen LogP contribution in [0.3, 0.4) is 0 Å². The largest absolute Gasteiger partial charge is 0.369 e. The number of nitrogens with two attached hydrogens (primary N) is 2. The summed E-state index contributed by atoms with van der Waals surface area (Å²) in [5.41, 5.74) is 16.7. The zero-order valence-electron chi connectivity index (χ0n) is 16.0. The van der Waals surface area contributed by atoms with Crippen molar-refractivity contribution in [1.82, 2.24) is 19.1 Å². The van der Waals surface area contributed by atoms with E-state index >= 15 is 0 Å². The second kappa shape index (κ2) is 6.86. The van der Waals surface area contributed by atoms with Gasteiger partial charge < -0.3 is 20.6 Å². The first-order chi connectivity index (χ1) is 13.7. The molecule has 1 fully saturated rings. The maximum Gasteiger partial charge on any atom is 0.201 e. The number of rotatable bonds is 4. The molecule has 0 bridgehead atoms. The normalized spacial score (nSPS) is 20.1. The molecule has 0 saturated heterocycles. The Morgan fingerprint density at radius 1 is 0.750 bits per heavy atom. The highest BCUT2D eigenvalue weighted by atomic mass is 15.2. The number of aromatic nitrogens is 4. The van der Waals surface area contributed by atoms with Crippen LogP contribution >= 0.6 is 0 Å². The fourth-order valence-corrected chi connectivity index (χ4v) is 4.82. The Balaban J connectivity index is 1.35. The zero-order chi connectivity index (χ0) is 19.1. The molecule has 2 aromatic carbocycles. The number of benzene rings is 2. The van der Waals surface area contributed by atoms with E-state index in [2.05, 4.69) is 43.4 Å². The van der Waals surface area contributed by atoms with Crippen molar-refractivity contribution in [3.63, 3.8) is 0 Å². The lowest BCUT2D eigenvalue weighted by atomic mass is 9.81. The first-order valence-electron chi connectivity index (χ1n) is 10.1. The van der Waals surface area contributed by atoms with E-state index in [1.165, 1.54) is 25.7 Å². The van der Waals surface area contributed by atoms with Gasteiger partial charge >= 0.3 is 0 Å². The summed E-state index contributed by atoms with van der Waals surface area (Å²) >= 11 is 0. The van der Waals surface area contributed by atoms with E-state index in [9.17, 15) is 0 Å². The third-order valence-corrected chi connectivity index (χ3v) is 6.14. The summed E-state index contributed by atoms with van der Waals surface area (Å²) < 4.78 is 4.37. The summed E-state index contributed by atoms with van der Waals surface area (Å²) in [4.78, 5) is 9.03. The van der Waals surface area contributed by atoms with Crippen molar-refractivity contribution in [3.05, 3.63) is 48.5 Å². The maximum atomic E-state index is 6.22. The van der Waals surface area contributed by atoms with Gasteiger partial charge in [-0.1, -0.05) is 30.7 Å². The molecule has 1 aliphatic carbocycles. The van der Waals surface area contributed by atoms with Gasteiger partial charge in [-0.3, -0.25) is 0 Å². The van der Waals surface area contributed by atoms with Crippen LogP contribution in [0.2, 0.25) is 0 Å². The van der Waals surface area contributed by atoms with E-state index < -0.39 is 0 Å². The smallest absolute Gasteiger partial charge is 0.201 e. The molecule has 0 radical (unpaired) electrons. The van der Waals surface area contributed by atoms with Gasteiger partial charge in [0.15, 0.2) is 0 Å². The molecule has 1 aliphatic rings. The molecule has 4 aromatic rings. The molecule has 144 valence electrons. The molecule has 0 unspecified atom stereocenters. The van der Waals surface area contributed by atoms with Crippen molar-refractivity contribution in [1.29, 1.82) is 0 Å². The summed E-state index contributed by atoms with van der Waals surface area (Å²) in [7, 11) is 0. The fraction of sp³-hybridized carbons (Fsp3) is 0.364. The van der Waals surface area contributed by atoms with Gasteiger partial charge in [0.2, 0.25) is 11.9 Å². The number of imidazole rings is 2. The number of para-hydroxylation sites is 4. The summed E-state index contributed by atoms with van der Waals surface area (Å²) in [6.07, 6.45) is 4.90. The van der Waals surface area contributed by atoms with Crippen molar-refractivity contribution in [2.24, 2.45) is 11.8 Å². The summed E-state index contributed by atoms with van der Waals surface area (Å²) in [6, 6.07) is 16.4. The summed E-state index contributed by atoms with van der Waals surface area (Å²) in [5, 5.41) is 0. The molecular weight excluding hydrogens is 348 g/mol. The van der Waals surface area contributed by atoms with E-state index in [-0.39, 0.29) is 0 Å². The Kier molecular flexibility index (Phi) is 4.19. The Bertz CT molecular complexity index is 1040. The molecule has 6 nitrogen and oxygen atoms in total. The molecule has 6 heteroatoms. The molecule has 2 aromatic heterocycles. The molecule has 0 aliphatic heterocycles. The number of nitrogens with zero attached hydrogens (tertiary/aromatic N) is 4. The summed E-state index contributed by atoms with van der Waals surface area (Å²) in [6.45, 7) is 1.87. The van der Waals surface area contributed by atoms with E-state index in [4.69, 9.17) is 11.5 Å². The molecule has 28 heavy (non-hydrogen) atoms. The van der Waals surface area contributed by atoms with E-state index in [0.717, 1.165) is 35.2 Å². The predicted octanol–water partition coefficient (Wildman–Crippen LogP) is 4.06. The van der Waals surface area contributed by atoms with Crippen LogP contribution in [0.5, 0.6) is 0 Å². The van der Waals surface area contributed by atoms with Crippen LogP contribution in [-0.2, 0) is 13.1 Å². The lowest BCUT2D eigenvalue weighted by Gasteiger charge is -2.30. The van der Waals surface area contributed by atoms with Crippen LogP contribution in [0.4, 0.5) is 11.9 Å². The van der Waals surface area contributed by atoms with Crippen LogP contribution in [0.15, 0.2) is 48.5 Å². The minimum Gasteiger partial charge on any atom is -0.369 e. The molecule has 1 saturated carbocycles. The number of anilines is 2. The average molecular weight is 374 g/mol. The Hall–Kier alpha value is -3.02. The Labute approximate surface area is 164 Å². The van der Waals surface area contributed by atoms with Gasteiger partial charge in [-0.2, -0.15) is 0 Å². The van der Waals surface area contributed by atoms with Crippen LogP contribution in [0.25, 0.3) is 22.1 Å². The van der Waals surface area contributed by atoms with Gasteiger partial charge in [0, 0.05) is 13.1 Å². The molecule has 0 spiro atoms. The SMILES string of the molecule is Nc1nc2ccccc2n1C[C@@H]1CCC[C@H](Cn2c(N)nc3ccccc32)C1. The maximum absolute atomic E-state index is 6.22. The molecule has 4 N–H and O–H groups in total. The van der Waals surface area contributed by atoms with Gasteiger partial charge in [-0.15, -0.1) is 0 Å². The van der Waals surface area contributed by atoms with Crippen LogP contribution in [-0.4, -0.2) is 19.1 Å². The number of hydrogen-bond acceptors (Lipinski definition) is 4. The average Bonchev–Trinajstić information content (AvgIpc) is 3.19. The topological polar surface area (TPSA) is 87.7 Å². The number of hydrogen-bond donors (Lipinski definition) is 2. The van der Waals surface area contributed by atoms with Crippen molar-refractivity contribution >= 4 is 34.0 Å². The predicted molar refractivity (Wildman–Crippen MR) is 114 cm³/mol. The lowest BCUT2D eigenvalue weighted by Crippen LogP contribution is -2.24. The van der Waals surface area contributed by atoms with Crippen LogP contribution in [0.1, 0.15) is 25.7 Å². The van der Waals surface area contributed by atoms with E-state index in [0.29, 0.717) is 23.7 Å². The first-order valence-corrected chi connectivity index (χ1v) is 10.1. The zero-order valence-corrected chi connectivity index (χ0v) is 16.0. The number of fused-ring (bicyclic) bond motifs is 2. The van der Waals surface area contributed by atoms with Crippen LogP contribution < -0.4 is 11.5 Å². The molecule has 2 atom stereocenters. The third kappa shape index (κ3) is 2.99. The Morgan fingerprint density at radius 3 is 1.71 bits per heavy atom. The van der Waals surface area contributed by atoms with Gasteiger partial charge in [0.05, 0.1) is 22.1 Å². The minimum absolute atomic E-state index is 0.606. The molecule has 5 rings (SSSR count).